The zero-order valence-corrected chi connectivity index (χ0v) is 16.0. The van der Waals surface area contributed by atoms with Crippen molar-refractivity contribution < 1.29 is 13.9 Å². The Morgan fingerprint density at radius 2 is 1.81 bits per heavy atom. The summed E-state index contributed by atoms with van der Waals surface area (Å²) in [7, 11) is 0. The number of fused-ring (bicyclic) bond motifs is 2. The summed E-state index contributed by atoms with van der Waals surface area (Å²) in [5.41, 5.74) is 4.30. The molecule has 3 nitrogen and oxygen atoms in total. The molecule has 1 amide bonds. The van der Waals surface area contributed by atoms with Gasteiger partial charge in [-0.1, -0.05) is 32.0 Å². The van der Waals surface area contributed by atoms with Crippen LogP contribution in [0.4, 0.5) is 10.1 Å². The van der Waals surface area contributed by atoms with Crippen molar-refractivity contribution in [2.75, 3.05) is 24.7 Å². The molecule has 2 aliphatic heterocycles. The highest BCUT2D eigenvalue weighted by Crippen LogP contribution is 2.48. The topological polar surface area (TPSA) is 29.5 Å². The monoisotopic (exact) mass is 367 g/mol. The molecule has 4 heteroatoms. The van der Waals surface area contributed by atoms with Crippen LogP contribution >= 0.6 is 0 Å². The Balaban J connectivity index is 1.78. The third-order valence-corrected chi connectivity index (χ3v) is 6.25. The molecule has 2 aromatic carbocycles. The van der Waals surface area contributed by atoms with E-state index in [4.69, 9.17) is 4.74 Å². The van der Waals surface area contributed by atoms with Crippen molar-refractivity contribution in [1.29, 1.82) is 0 Å². The molecule has 4 rings (SSSR count). The zero-order chi connectivity index (χ0) is 19.0. The van der Waals surface area contributed by atoms with Gasteiger partial charge in [-0.25, -0.2) is 4.39 Å². The molecule has 0 N–H and O–H groups in total. The van der Waals surface area contributed by atoms with Gasteiger partial charge in [0.2, 0.25) is 5.91 Å². The fourth-order valence-electron chi connectivity index (χ4n) is 4.32. The van der Waals surface area contributed by atoms with E-state index in [0.717, 1.165) is 55.8 Å². The predicted octanol–water partition coefficient (Wildman–Crippen LogP) is 4.93. The lowest BCUT2D eigenvalue weighted by Gasteiger charge is -2.34. The van der Waals surface area contributed by atoms with Gasteiger partial charge in [-0.05, 0) is 60.2 Å². The third-order valence-electron chi connectivity index (χ3n) is 6.25. The first kappa shape index (κ1) is 18.2. The van der Waals surface area contributed by atoms with Crippen LogP contribution in [0.3, 0.4) is 0 Å². The average Bonchev–Trinajstić information content (AvgIpc) is 3.01. The Morgan fingerprint density at radius 1 is 1.15 bits per heavy atom. The van der Waals surface area contributed by atoms with Gasteiger partial charge in [-0.2, -0.15) is 0 Å². The van der Waals surface area contributed by atoms with Crippen molar-refractivity contribution in [1.82, 2.24) is 0 Å². The number of ether oxygens (including phenoxy) is 1. The van der Waals surface area contributed by atoms with Crippen molar-refractivity contribution in [2.24, 2.45) is 5.92 Å². The maximum atomic E-state index is 13.3. The average molecular weight is 367 g/mol. The van der Waals surface area contributed by atoms with Gasteiger partial charge in [-0.3, -0.25) is 4.79 Å². The summed E-state index contributed by atoms with van der Waals surface area (Å²) in [6.07, 6.45) is 2.70. The van der Waals surface area contributed by atoms with E-state index >= 15 is 0 Å². The molecule has 0 aromatic heterocycles. The molecule has 1 unspecified atom stereocenters. The number of halogens is 1. The first-order chi connectivity index (χ1) is 13.0. The first-order valence-corrected chi connectivity index (χ1v) is 9.84. The molecule has 2 aromatic rings. The van der Waals surface area contributed by atoms with E-state index in [-0.39, 0.29) is 23.1 Å². The van der Waals surface area contributed by atoms with E-state index < -0.39 is 0 Å². The summed E-state index contributed by atoms with van der Waals surface area (Å²) >= 11 is 0. The number of carbonyl (C=O) groups excluding carboxylic acids is 1. The van der Waals surface area contributed by atoms with E-state index in [0.29, 0.717) is 0 Å². The molecular weight excluding hydrogens is 341 g/mol. The van der Waals surface area contributed by atoms with E-state index in [9.17, 15) is 9.18 Å². The number of carbonyl (C=O) groups is 1. The van der Waals surface area contributed by atoms with Crippen LogP contribution in [0.25, 0.3) is 11.1 Å². The zero-order valence-electron chi connectivity index (χ0n) is 16.0. The molecule has 2 heterocycles. The largest absolute Gasteiger partial charge is 0.381 e. The van der Waals surface area contributed by atoms with Crippen LogP contribution in [-0.2, 0) is 14.9 Å². The normalized spacial score (nSPS) is 19.1. The lowest BCUT2D eigenvalue weighted by Crippen LogP contribution is -2.42. The van der Waals surface area contributed by atoms with Crippen molar-refractivity contribution in [3.8, 4) is 11.1 Å². The maximum absolute atomic E-state index is 13.3. The van der Waals surface area contributed by atoms with Crippen molar-refractivity contribution in [2.45, 2.75) is 38.5 Å². The minimum atomic E-state index is -0.230. The summed E-state index contributed by atoms with van der Waals surface area (Å²) in [6.45, 7) is 6.25. The van der Waals surface area contributed by atoms with Gasteiger partial charge in [0.1, 0.15) is 5.82 Å². The predicted molar refractivity (Wildman–Crippen MR) is 105 cm³/mol. The Hall–Kier alpha value is -2.20. The smallest absolute Gasteiger partial charge is 0.229 e. The highest BCUT2D eigenvalue weighted by Gasteiger charge is 2.46. The number of rotatable bonds is 3. The molecule has 1 atom stereocenters. The Labute approximate surface area is 160 Å². The van der Waals surface area contributed by atoms with Gasteiger partial charge in [-0.15, -0.1) is 0 Å². The fraction of sp³-hybridized carbons (Fsp3) is 0.435. The summed E-state index contributed by atoms with van der Waals surface area (Å²) in [5, 5.41) is 0. The number of amides is 1. The highest BCUT2D eigenvalue weighted by molar-refractivity contribution is 5.98. The van der Waals surface area contributed by atoms with Crippen LogP contribution in [0, 0.1) is 11.7 Å². The van der Waals surface area contributed by atoms with Gasteiger partial charge >= 0.3 is 0 Å². The SMILES string of the molecule is CCC(C)C(=O)N1CC2(CCOCC2)c2cc(-c3ccc(F)cc3)ccc21. The molecule has 0 bridgehead atoms. The summed E-state index contributed by atoms with van der Waals surface area (Å²) in [5.74, 6) is -0.00704. The number of anilines is 1. The standard InChI is InChI=1S/C23H26FNO2/c1-3-16(2)22(26)25-15-23(10-12-27-13-11-23)20-14-18(6-9-21(20)25)17-4-7-19(24)8-5-17/h4-9,14,16H,3,10-13,15H2,1-2H3. The highest BCUT2D eigenvalue weighted by atomic mass is 19.1. The van der Waals surface area contributed by atoms with E-state index in [1.54, 1.807) is 0 Å². The molecule has 0 aliphatic carbocycles. The van der Waals surface area contributed by atoms with Gasteiger partial charge in [0, 0.05) is 36.8 Å². The molecular formula is C23H26FNO2. The molecule has 1 spiro atoms. The second kappa shape index (κ2) is 7.08. The lowest BCUT2D eigenvalue weighted by molar-refractivity contribution is -0.122. The van der Waals surface area contributed by atoms with Crippen molar-refractivity contribution in [3.63, 3.8) is 0 Å². The van der Waals surface area contributed by atoms with Crippen molar-refractivity contribution >= 4 is 11.6 Å². The van der Waals surface area contributed by atoms with Gasteiger partial charge in [0.15, 0.2) is 0 Å². The van der Waals surface area contributed by atoms with Crippen LogP contribution in [-0.4, -0.2) is 25.7 Å². The molecule has 1 saturated heterocycles. The third kappa shape index (κ3) is 3.16. The maximum Gasteiger partial charge on any atom is 0.229 e. The molecule has 0 saturated carbocycles. The van der Waals surface area contributed by atoms with Crippen LogP contribution in [0.15, 0.2) is 42.5 Å². The second-order valence-electron chi connectivity index (χ2n) is 7.87. The number of hydrogen-bond acceptors (Lipinski definition) is 2. The minimum Gasteiger partial charge on any atom is -0.381 e. The van der Waals surface area contributed by atoms with Crippen LogP contribution < -0.4 is 4.90 Å². The fourth-order valence-corrected chi connectivity index (χ4v) is 4.32. The molecule has 1 fully saturated rings. The molecule has 142 valence electrons. The van der Waals surface area contributed by atoms with Crippen LogP contribution in [0.2, 0.25) is 0 Å². The Morgan fingerprint density at radius 3 is 2.48 bits per heavy atom. The second-order valence-corrected chi connectivity index (χ2v) is 7.87. The number of benzene rings is 2. The van der Waals surface area contributed by atoms with Gasteiger partial charge in [0.05, 0.1) is 0 Å². The number of hydrogen-bond donors (Lipinski definition) is 0. The van der Waals surface area contributed by atoms with Gasteiger partial charge in [0.25, 0.3) is 0 Å². The van der Waals surface area contributed by atoms with E-state index in [1.807, 2.05) is 30.0 Å². The minimum absolute atomic E-state index is 0.0182. The van der Waals surface area contributed by atoms with Crippen molar-refractivity contribution in [3.05, 3.63) is 53.8 Å². The Kier molecular flexibility index (Phi) is 4.77. The summed E-state index contributed by atoms with van der Waals surface area (Å²) in [4.78, 5) is 15.0. The van der Waals surface area contributed by atoms with Gasteiger partial charge < -0.3 is 9.64 Å². The molecule has 2 aliphatic rings. The summed E-state index contributed by atoms with van der Waals surface area (Å²) < 4.78 is 18.9. The number of nitrogens with zero attached hydrogens (tertiary/aromatic N) is 1. The summed E-state index contributed by atoms with van der Waals surface area (Å²) in [6, 6.07) is 12.9. The van der Waals surface area contributed by atoms with E-state index in [2.05, 4.69) is 19.1 Å². The first-order valence-electron chi connectivity index (χ1n) is 9.84. The Bertz CT molecular complexity index is 840. The van der Waals surface area contributed by atoms with Crippen LogP contribution in [0.1, 0.15) is 38.7 Å². The molecule has 0 radical (unpaired) electrons. The molecule has 27 heavy (non-hydrogen) atoms. The lowest BCUT2D eigenvalue weighted by atomic mass is 9.75. The van der Waals surface area contributed by atoms with E-state index in [1.165, 1.54) is 17.7 Å². The quantitative estimate of drug-likeness (QED) is 0.769. The van der Waals surface area contributed by atoms with Crippen LogP contribution in [0.5, 0.6) is 0 Å².